The normalized spacial score (nSPS) is 11.2. The molecule has 0 atom stereocenters. The van der Waals surface area contributed by atoms with E-state index < -0.39 is 11.7 Å². The lowest BCUT2D eigenvalue weighted by Gasteiger charge is -2.20. The van der Waals surface area contributed by atoms with Gasteiger partial charge in [-0.2, -0.15) is 0 Å². The third-order valence-corrected chi connectivity index (χ3v) is 3.98. The lowest BCUT2D eigenvalue weighted by molar-refractivity contribution is 0.0526. The summed E-state index contributed by atoms with van der Waals surface area (Å²) in [6, 6.07) is 9.34. The molecule has 0 bridgehead atoms. The van der Waals surface area contributed by atoms with E-state index in [1.807, 2.05) is 30.3 Å². The number of alkyl carbamates (subject to hydrolysis) is 1. The van der Waals surface area contributed by atoms with Crippen LogP contribution in [0.1, 0.15) is 20.8 Å². The van der Waals surface area contributed by atoms with Crippen LogP contribution >= 0.6 is 0 Å². The zero-order valence-electron chi connectivity index (χ0n) is 15.9. The van der Waals surface area contributed by atoms with Crippen molar-refractivity contribution in [3.05, 3.63) is 58.4 Å². The predicted octanol–water partition coefficient (Wildman–Crippen LogP) is 3.47. The van der Waals surface area contributed by atoms with E-state index in [4.69, 9.17) is 11.3 Å². The van der Waals surface area contributed by atoms with Crippen molar-refractivity contribution in [1.29, 1.82) is 0 Å². The molecule has 0 unspecified atom stereocenters. The van der Waals surface area contributed by atoms with Crippen molar-refractivity contribution in [3.63, 3.8) is 0 Å². The molecule has 1 amide bonds. The minimum Gasteiger partial charge on any atom is -0.444 e. The largest absolute Gasteiger partial charge is 0.444 e. The van der Waals surface area contributed by atoms with E-state index in [1.165, 1.54) is 6.33 Å². The fraction of sp³-hybridized carbons (Fsp3) is 0.300. The first-order valence-electron chi connectivity index (χ1n) is 8.81. The number of fused-ring (bicyclic) bond motifs is 1. The number of nitrogens with one attached hydrogen (secondary N) is 2. The summed E-state index contributed by atoms with van der Waals surface area (Å²) in [6.07, 6.45) is 0.750. The quantitative estimate of drug-likeness (QED) is 0.679. The highest BCUT2D eigenvalue weighted by atomic mass is 16.6. The number of hydrogen-bond donors (Lipinski definition) is 2. The molecule has 2 N–H and O–H groups in total. The average molecular weight is 379 g/mol. The Morgan fingerprint density at radius 2 is 2.04 bits per heavy atom. The Hall–Kier alpha value is -3.60. The number of nitrogens with zero attached hydrogens (tertiary/aromatic N) is 3. The summed E-state index contributed by atoms with van der Waals surface area (Å²) in [5.74, 6) is 0. The second kappa shape index (κ2) is 7.56. The van der Waals surface area contributed by atoms with Crippen LogP contribution in [0.3, 0.4) is 0 Å². The van der Waals surface area contributed by atoms with Crippen LogP contribution in [-0.2, 0) is 11.3 Å². The number of aromatic nitrogens is 3. The van der Waals surface area contributed by atoms with E-state index in [0.29, 0.717) is 22.4 Å². The number of carbonyl (C=O) groups excluding carboxylic acids is 1. The molecule has 3 rings (SSSR count). The molecular formula is C20H21N5O3. The summed E-state index contributed by atoms with van der Waals surface area (Å²) in [6.45, 7) is 13.5. The van der Waals surface area contributed by atoms with Gasteiger partial charge in [-0.15, -0.1) is 0 Å². The molecule has 0 aliphatic rings. The van der Waals surface area contributed by atoms with Crippen LogP contribution < -0.4 is 10.9 Å². The zero-order chi connectivity index (χ0) is 20.3. The van der Waals surface area contributed by atoms with Crippen LogP contribution in [0.15, 0.2) is 41.5 Å². The van der Waals surface area contributed by atoms with Gasteiger partial charge in [-0.3, -0.25) is 4.79 Å². The van der Waals surface area contributed by atoms with Gasteiger partial charge < -0.3 is 19.6 Å². The summed E-state index contributed by atoms with van der Waals surface area (Å²) in [5, 5.41) is 2.69. The molecule has 0 saturated carbocycles. The van der Waals surface area contributed by atoms with E-state index in [9.17, 15) is 9.59 Å². The second-order valence-corrected chi connectivity index (χ2v) is 7.18. The molecule has 0 saturated heterocycles. The van der Waals surface area contributed by atoms with Gasteiger partial charge in [0.25, 0.3) is 5.56 Å². The molecule has 28 heavy (non-hydrogen) atoms. The lowest BCUT2D eigenvalue weighted by Crippen LogP contribution is -2.34. The number of carbonyl (C=O) groups is 1. The minimum absolute atomic E-state index is 0.226. The van der Waals surface area contributed by atoms with Crippen LogP contribution in [0.25, 0.3) is 27.1 Å². The Labute approximate surface area is 162 Å². The molecular weight excluding hydrogens is 358 g/mol. The van der Waals surface area contributed by atoms with Crippen LogP contribution in [0.5, 0.6) is 0 Å². The molecule has 0 aliphatic heterocycles. The van der Waals surface area contributed by atoms with Crippen molar-refractivity contribution < 1.29 is 9.53 Å². The van der Waals surface area contributed by atoms with Crippen molar-refractivity contribution in [2.75, 3.05) is 6.54 Å². The molecule has 1 aromatic carbocycles. The van der Waals surface area contributed by atoms with E-state index >= 15 is 0 Å². The highest BCUT2D eigenvalue weighted by molar-refractivity contribution is 5.99. The first kappa shape index (κ1) is 19.2. The monoisotopic (exact) mass is 379 g/mol. The molecule has 0 spiro atoms. The molecule has 0 radical (unpaired) electrons. The highest BCUT2D eigenvalue weighted by Crippen LogP contribution is 2.37. The Bertz CT molecular complexity index is 1100. The standard InChI is InChI=1S/C20H21N5O3/c1-20(2,3)28-19(27)22-10-11-25-16(13-8-6-5-7-9-13)14(21-4)15-17(25)18(26)24-12-23-15/h5-9,12H,10-11H2,1-3H3,(H,22,27)(H,23,24,26). The first-order valence-corrected chi connectivity index (χ1v) is 8.81. The molecule has 2 heterocycles. The second-order valence-electron chi connectivity index (χ2n) is 7.18. The van der Waals surface area contributed by atoms with Crippen molar-refractivity contribution in [1.82, 2.24) is 19.9 Å². The van der Waals surface area contributed by atoms with Crippen LogP contribution in [-0.4, -0.2) is 32.8 Å². The SMILES string of the molecule is [C-]#[N+]c1c(-c2ccccc2)n(CCNC(=O)OC(C)(C)C)c2c(=O)[nH]cnc12. The summed E-state index contributed by atoms with van der Waals surface area (Å²) in [7, 11) is 0. The third kappa shape index (κ3) is 3.88. The first-order chi connectivity index (χ1) is 13.3. The number of benzene rings is 1. The number of hydrogen-bond acceptors (Lipinski definition) is 4. The van der Waals surface area contributed by atoms with Gasteiger partial charge in [-0.05, 0) is 26.3 Å². The number of ether oxygens (including phenoxy) is 1. The summed E-state index contributed by atoms with van der Waals surface area (Å²) in [4.78, 5) is 34.8. The molecule has 0 aliphatic carbocycles. The molecule has 8 heteroatoms. The Morgan fingerprint density at radius 1 is 1.32 bits per heavy atom. The number of H-pyrrole nitrogens is 1. The third-order valence-electron chi connectivity index (χ3n) is 3.98. The molecule has 2 aromatic heterocycles. The van der Waals surface area contributed by atoms with Crippen molar-refractivity contribution in [3.8, 4) is 11.3 Å². The van der Waals surface area contributed by atoms with Gasteiger partial charge in [-0.1, -0.05) is 30.3 Å². The predicted molar refractivity (Wildman–Crippen MR) is 106 cm³/mol. The lowest BCUT2D eigenvalue weighted by atomic mass is 10.1. The van der Waals surface area contributed by atoms with Crippen LogP contribution in [0, 0.1) is 6.57 Å². The van der Waals surface area contributed by atoms with E-state index in [-0.39, 0.29) is 18.6 Å². The van der Waals surface area contributed by atoms with E-state index in [0.717, 1.165) is 5.56 Å². The maximum Gasteiger partial charge on any atom is 0.407 e. The maximum absolute atomic E-state index is 12.5. The topological polar surface area (TPSA) is 93.4 Å². The van der Waals surface area contributed by atoms with Gasteiger partial charge in [0, 0.05) is 13.1 Å². The fourth-order valence-electron chi connectivity index (χ4n) is 2.97. The smallest absolute Gasteiger partial charge is 0.407 e. The van der Waals surface area contributed by atoms with Crippen LogP contribution in [0.4, 0.5) is 10.5 Å². The highest BCUT2D eigenvalue weighted by Gasteiger charge is 2.22. The van der Waals surface area contributed by atoms with Crippen molar-refractivity contribution in [2.45, 2.75) is 32.9 Å². The molecule has 3 aromatic rings. The molecule has 8 nitrogen and oxygen atoms in total. The van der Waals surface area contributed by atoms with Crippen molar-refractivity contribution in [2.24, 2.45) is 0 Å². The van der Waals surface area contributed by atoms with Crippen LogP contribution in [0.2, 0.25) is 0 Å². The van der Waals surface area contributed by atoms with Gasteiger partial charge in [0.05, 0.1) is 18.6 Å². The van der Waals surface area contributed by atoms with E-state index in [1.54, 1.807) is 25.3 Å². The molecule has 144 valence electrons. The van der Waals surface area contributed by atoms with E-state index in [2.05, 4.69) is 20.1 Å². The Balaban J connectivity index is 2.02. The minimum atomic E-state index is -0.599. The van der Waals surface area contributed by atoms with Gasteiger partial charge in [0.1, 0.15) is 16.6 Å². The summed E-state index contributed by atoms with van der Waals surface area (Å²) in [5.41, 5.74) is 1.41. The van der Waals surface area contributed by atoms with Gasteiger partial charge in [0.15, 0.2) is 0 Å². The fourth-order valence-corrected chi connectivity index (χ4v) is 2.97. The summed E-state index contributed by atoms with van der Waals surface area (Å²) < 4.78 is 6.96. The Morgan fingerprint density at radius 3 is 2.68 bits per heavy atom. The molecule has 0 fully saturated rings. The van der Waals surface area contributed by atoms with Gasteiger partial charge >= 0.3 is 6.09 Å². The Kier molecular flexibility index (Phi) is 5.18. The zero-order valence-corrected chi connectivity index (χ0v) is 15.9. The van der Waals surface area contributed by atoms with Gasteiger partial charge in [0.2, 0.25) is 5.69 Å². The number of amides is 1. The maximum atomic E-state index is 12.5. The summed E-state index contributed by atoms with van der Waals surface area (Å²) >= 11 is 0. The van der Waals surface area contributed by atoms with Crippen molar-refractivity contribution >= 4 is 22.8 Å². The average Bonchev–Trinajstić information content (AvgIpc) is 2.96. The number of rotatable bonds is 4. The van der Waals surface area contributed by atoms with Gasteiger partial charge in [-0.25, -0.2) is 14.6 Å². The number of aromatic amines is 1.